The first-order valence-corrected chi connectivity index (χ1v) is 20.2. The van der Waals surface area contributed by atoms with Gasteiger partial charge in [0.1, 0.15) is 0 Å². The Kier molecular flexibility index (Phi) is 8.88. The van der Waals surface area contributed by atoms with Crippen LogP contribution in [0.25, 0.3) is 99.5 Å². The molecule has 0 atom stereocenters. The minimum atomic E-state index is 0.743. The lowest BCUT2D eigenvalue weighted by Crippen LogP contribution is -1.95. The van der Waals surface area contributed by atoms with Gasteiger partial charge in [0.15, 0.2) is 11.6 Å². The molecule has 0 saturated carbocycles. The van der Waals surface area contributed by atoms with Crippen molar-refractivity contribution >= 4 is 33.4 Å². The van der Waals surface area contributed by atoms with Gasteiger partial charge in [0.25, 0.3) is 0 Å². The minimum absolute atomic E-state index is 0.743. The highest BCUT2D eigenvalue weighted by Gasteiger charge is 2.15. The first-order chi connectivity index (χ1) is 27.7. The highest BCUT2D eigenvalue weighted by molar-refractivity contribution is 7.13. The van der Waals surface area contributed by atoms with E-state index in [0.717, 1.165) is 77.6 Å². The van der Waals surface area contributed by atoms with Crippen molar-refractivity contribution in [3.8, 4) is 88.7 Å². The summed E-state index contributed by atoms with van der Waals surface area (Å²) in [6.07, 6.45) is 0. The SMILES string of the molecule is c1ccc(-c2cc(-c3ccc(-c4cccc5c(-c6ccc(-c7cc(-c8ccccc8)nc(-c8cccs8)n7)cc6)cccc45)cc3)nc(-c3cccs3)n2)cc1. The van der Waals surface area contributed by atoms with Crippen molar-refractivity contribution in [3.05, 3.63) is 193 Å². The topological polar surface area (TPSA) is 51.6 Å². The zero-order valence-electron chi connectivity index (χ0n) is 30.1. The number of benzene rings is 6. The van der Waals surface area contributed by atoms with Crippen molar-refractivity contribution in [1.82, 2.24) is 19.9 Å². The van der Waals surface area contributed by atoms with Crippen LogP contribution in [0.1, 0.15) is 0 Å². The maximum atomic E-state index is 5.02. The summed E-state index contributed by atoms with van der Waals surface area (Å²) in [5.41, 5.74) is 12.6. The Bertz CT molecular complexity index is 2720. The van der Waals surface area contributed by atoms with E-state index in [1.807, 2.05) is 48.5 Å². The zero-order valence-corrected chi connectivity index (χ0v) is 31.7. The molecule has 6 heteroatoms. The Labute approximate surface area is 333 Å². The molecule has 10 aromatic rings. The number of hydrogen-bond donors (Lipinski definition) is 0. The summed E-state index contributed by atoms with van der Waals surface area (Å²) in [5.74, 6) is 1.49. The lowest BCUT2D eigenvalue weighted by molar-refractivity contribution is 1.19. The van der Waals surface area contributed by atoms with Crippen molar-refractivity contribution < 1.29 is 0 Å². The minimum Gasteiger partial charge on any atom is -0.227 e. The molecule has 0 unspecified atom stereocenters. The number of nitrogens with zero attached hydrogens (tertiary/aromatic N) is 4. The molecule has 0 radical (unpaired) electrons. The molecule has 0 aliphatic carbocycles. The molecule has 0 aliphatic rings. The molecule has 6 aromatic carbocycles. The molecule has 264 valence electrons. The first-order valence-electron chi connectivity index (χ1n) is 18.4. The van der Waals surface area contributed by atoms with E-state index in [-0.39, 0.29) is 0 Å². The molecule has 0 aliphatic heterocycles. The van der Waals surface area contributed by atoms with E-state index in [4.69, 9.17) is 19.9 Å². The van der Waals surface area contributed by atoms with Crippen LogP contribution in [0.3, 0.4) is 0 Å². The molecule has 0 fully saturated rings. The fraction of sp³-hybridized carbons (Fsp3) is 0. The summed E-state index contributed by atoms with van der Waals surface area (Å²) in [5, 5.41) is 6.55. The van der Waals surface area contributed by atoms with Crippen LogP contribution in [-0.4, -0.2) is 19.9 Å². The van der Waals surface area contributed by atoms with Gasteiger partial charge in [0.2, 0.25) is 0 Å². The Morgan fingerprint density at radius 2 is 0.643 bits per heavy atom. The summed E-state index contributed by atoms with van der Waals surface area (Å²) < 4.78 is 0. The summed E-state index contributed by atoms with van der Waals surface area (Å²) in [6, 6.07) is 63.7. The molecule has 0 bridgehead atoms. The normalized spacial score (nSPS) is 11.2. The molecule has 0 spiro atoms. The Balaban J connectivity index is 0.981. The molecular weight excluding hydrogens is 721 g/mol. The second-order valence-electron chi connectivity index (χ2n) is 13.5. The molecule has 4 nitrogen and oxygen atoms in total. The van der Waals surface area contributed by atoms with Crippen LogP contribution in [-0.2, 0) is 0 Å². The second-order valence-corrected chi connectivity index (χ2v) is 15.4. The third kappa shape index (κ3) is 6.62. The highest BCUT2D eigenvalue weighted by Crippen LogP contribution is 2.37. The van der Waals surface area contributed by atoms with Gasteiger partial charge in [-0.3, -0.25) is 0 Å². The van der Waals surface area contributed by atoms with Crippen LogP contribution < -0.4 is 0 Å². The van der Waals surface area contributed by atoms with Gasteiger partial charge in [0.05, 0.1) is 32.5 Å². The predicted molar refractivity (Wildman–Crippen MR) is 234 cm³/mol. The number of fused-ring (bicyclic) bond motifs is 1. The lowest BCUT2D eigenvalue weighted by atomic mass is 9.92. The Morgan fingerprint density at radius 1 is 0.286 bits per heavy atom. The van der Waals surface area contributed by atoms with Gasteiger partial charge in [-0.2, -0.15) is 0 Å². The summed E-state index contributed by atoms with van der Waals surface area (Å²) in [7, 11) is 0. The third-order valence-corrected chi connectivity index (χ3v) is 11.7. The Morgan fingerprint density at radius 3 is 1.00 bits per heavy atom. The predicted octanol–water partition coefficient (Wildman–Crippen LogP) is 13.9. The maximum Gasteiger partial charge on any atom is 0.170 e. The monoisotopic (exact) mass is 752 g/mol. The van der Waals surface area contributed by atoms with E-state index in [2.05, 4.69) is 144 Å². The van der Waals surface area contributed by atoms with E-state index in [1.165, 1.54) is 21.9 Å². The van der Waals surface area contributed by atoms with Gasteiger partial charge in [-0.05, 0) is 68.1 Å². The van der Waals surface area contributed by atoms with Crippen molar-refractivity contribution in [3.63, 3.8) is 0 Å². The van der Waals surface area contributed by atoms with Crippen molar-refractivity contribution in [2.45, 2.75) is 0 Å². The standard InChI is InChI=1S/C50H32N4S2/c1-3-11-35(12-4-1)43-31-45(53-49(51-43)47-19-9-29-55-47)37-25-21-33(22-26-37)39-15-7-18-42-40(16-8-17-41(39)42)34-23-27-38(28-24-34)46-32-44(36-13-5-2-6-14-36)52-50(54-46)48-20-10-30-56-48/h1-32H. The van der Waals surface area contributed by atoms with Crippen LogP contribution in [0.15, 0.2) is 193 Å². The average Bonchev–Trinajstić information content (AvgIpc) is 4.03. The number of thiophene rings is 2. The third-order valence-electron chi connectivity index (χ3n) is 9.98. The summed E-state index contributed by atoms with van der Waals surface area (Å²) >= 11 is 3.31. The number of hydrogen-bond acceptors (Lipinski definition) is 6. The molecule has 0 N–H and O–H groups in total. The first kappa shape index (κ1) is 33.7. The molecule has 4 heterocycles. The fourth-order valence-corrected chi connectivity index (χ4v) is 8.51. The second kappa shape index (κ2) is 14.8. The molecule has 10 rings (SSSR count). The molecule has 4 aromatic heterocycles. The fourth-order valence-electron chi connectivity index (χ4n) is 7.19. The van der Waals surface area contributed by atoms with Gasteiger partial charge in [-0.25, -0.2) is 19.9 Å². The lowest BCUT2D eigenvalue weighted by Gasteiger charge is -2.13. The highest BCUT2D eigenvalue weighted by atomic mass is 32.1. The molecule has 0 saturated heterocycles. The van der Waals surface area contributed by atoms with E-state index in [0.29, 0.717) is 0 Å². The van der Waals surface area contributed by atoms with Gasteiger partial charge >= 0.3 is 0 Å². The smallest absolute Gasteiger partial charge is 0.170 e. The van der Waals surface area contributed by atoms with Crippen LogP contribution >= 0.6 is 22.7 Å². The molecular formula is C50H32N4S2. The largest absolute Gasteiger partial charge is 0.227 e. The van der Waals surface area contributed by atoms with Gasteiger partial charge in [-0.1, -0.05) is 158 Å². The molecule has 0 amide bonds. The van der Waals surface area contributed by atoms with E-state index in [1.54, 1.807) is 22.7 Å². The summed E-state index contributed by atoms with van der Waals surface area (Å²) in [4.78, 5) is 22.0. The van der Waals surface area contributed by atoms with Crippen LogP contribution in [0.4, 0.5) is 0 Å². The summed E-state index contributed by atoms with van der Waals surface area (Å²) in [6.45, 7) is 0. The van der Waals surface area contributed by atoms with Crippen molar-refractivity contribution in [2.24, 2.45) is 0 Å². The number of rotatable bonds is 8. The van der Waals surface area contributed by atoms with Crippen LogP contribution in [0.5, 0.6) is 0 Å². The van der Waals surface area contributed by atoms with Crippen molar-refractivity contribution in [2.75, 3.05) is 0 Å². The van der Waals surface area contributed by atoms with Gasteiger partial charge in [0, 0.05) is 22.3 Å². The van der Waals surface area contributed by atoms with Crippen molar-refractivity contribution in [1.29, 1.82) is 0 Å². The molecule has 56 heavy (non-hydrogen) atoms. The average molecular weight is 753 g/mol. The zero-order chi connectivity index (χ0) is 37.3. The van der Waals surface area contributed by atoms with Gasteiger partial charge < -0.3 is 0 Å². The maximum absolute atomic E-state index is 5.02. The van der Waals surface area contributed by atoms with Gasteiger partial charge in [-0.15, -0.1) is 22.7 Å². The number of aromatic nitrogens is 4. The van der Waals surface area contributed by atoms with E-state index < -0.39 is 0 Å². The Hall–Kier alpha value is -6.86. The quantitative estimate of drug-likeness (QED) is 0.155. The van der Waals surface area contributed by atoms with E-state index in [9.17, 15) is 0 Å². The van der Waals surface area contributed by atoms with E-state index >= 15 is 0 Å². The van der Waals surface area contributed by atoms with Crippen LogP contribution in [0.2, 0.25) is 0 Å². The van der Waals surface area contributed by atoms with Crippen LogP contribution in [0, 0.1) is 0 Å².